The van der Waals surface area contributed by atoms with Crippen LogP contribution in [0, 0.1) is 5.92 Å². The fraction of sp³-hybridized carbons (Fsp3) is 0.588. The summed E-state index contributed by atoms with van der Waals surface area (Å²) in [6, 6.07) is 9.35. The molecule has 1 aromatic rings. The molecule has 0 aromatic heterocycles. The van der Waals surface area contributed by atoms with Crippen molar-refractivity contribution >= 4 is 5.91 Å². The van der Waals surface area contributed by atoms with Crippen LogP contribution in [0.5, 0.6) is 0 Å². The smallest absolute Gasteiger partial charge is 0.244 e. The van der Waals surface area contributed by atoms with E-state index in [4.69, 9.17) is 5.73 Å². The van der Waals surface area contributed by atoms with Crippen LogP contribution < -0.4 is 11.1 Å². The third-order valence-corrected chi connectivity index (χ3v) is 4.76. The van der Waals surface area contributed by atoms with Gasteiger partial charge in [-0.2, -0.15) is 0 Å². The summed E-state index contributed by atoms with van der Waals surface area (Å²) in [5, 5.41) is 12.8. The molecule has 0 spiro atoms. The van der Waals surface area contributed by atoms with Crippen molar-refractivity contribution < 1.29 is 9.90 Å². The van der Waals surface area contributed by atoms with Crippen LogP contribution in [0.4, 0.5) is 0 Å². The fourth-order valence-corrected chi connectivity index (χ4v) is 2.92. The molecule has 21 heavy (non-hydrogen) atoms. The summed E-state index contributed by atoms with van der Waals surface area (Å²) < 4.78 is 0. The van der Waals surface area contributed by atoms with E-state index in [2.05, 4.69) is 12.2 Å². The molecule has 0 bridgehead atoms. The Morgan fingerprint density at radius 2 is 1.95 bits per heavy atom. The minimum atomic E-state index is -1.09. The third-order valence-electron chi connectivity index (χ3n) is 4.76. The number of carbonyl (C=O) groups excluding carboxylic acids is 1. The second-order valence-corrected chi connectivity index (χ2v) is 6.64. The summed E-state index contributed by atoms with van der Waals surface area (Å²) in [5.74, 6) is 0.428. The molecule has 1 atom stereocenters. The molecule has 1 aliphatic rings. The highest BCUT2D eigenvalue weighted by atomic mass is 16.3. The topological polar surface area (TPSA) is 75.3 Å². The summed E-state index contributed by atoms with van der Waals surface area (Å²) in [7, 11) is 0. The fourth-order valence-electron chi connectivity index (χ4n) is 2.92. The van der Waals surface area contributed by atoms with Gasteiger partial charge in [-0.1, -0.05) is 37.3 Å². The predicted molar refractivity (Wildman–Crippen MR) is 83.6 cm³/mol. The second-order valence-electron chi connectivity index (χ2n) is 6.64. The van der Waals surface area contributed by atoms with Gasteiger partial charge < -0.3 is 16.2 Å². The van der Waals surface area contributed by atoms with Gasteiger partial charge in [0, 0.05) is 0 Å². The average molecular weight is 290 g/mol. The number of nitrogens with one attached hydrogen (secondary N) is 1. The van der Waals surface area contributed by atoms with Crippen LogP contribution in [0.25, 0.3) is 0 Å². The Kier molecular flexibility index (Phi) is 4.69. The lowest BCUT2D eigenvalue weighted by molar-refractivity contribution is -0.129. The standard InChI is InChI=1S/C17H26N2O2/c1-13-8-10-17(12-20,11-9-13)19-15(21)16(2,18)14-6-4-3-5-7-14/h3-7,13,20H,8-12,18H2,1-2H3,(H,19,21). The van der Waals surface area contributed by atoms with Gasteiger partial charge in [-0.15, -0.1) is 0 Å². The van der Waals surface area contributed by atoms with Crippen LogP contribution in [0.3, 0.4) is 0 Å². The Morgan fingerprint density at radius 1 is 1.38 bits per heavy atom. The summed E-state index contributed by atoms with van der Waals surface area (Å²) in [4.78, 5) is 12.6. The van der Waals surface area contributed by atoms with Crippen LogP contribution >= 0.6 is 0 Å². The summed E-state index contributed by atoms with van der Waals surface area (Å²) in [6.45, 7) is 3.89. The molecule has 2 rings (SSSR count). The number of benzene rings is 1. The maximum atomic E-state index is 12.6. The van der Waals surface area contributed by atoms with Crippen molar-refractivity contribution in [3.63, 3.8) is 0 Å². The molecule has 1 aromatic carbocycles. The van der Waals surface area contributed by atoms with Gasteiger partial charge in [0.2, 0.25) is 5.91 Å². The molecule has 116 valence electrons. The maximum absolute atomic E-state index is 12.6. The van der Waals surface area contributed by atoms with Crippen LogP contribution in [-0.2, 0) is 10.3 Å². The van der Waals surface area contributed by atoms with Crippen molar-refractivity contribution in [3.8, 4) is 0 Å². The SMILES string of the molecule is CC1CCC(CO)(NC(=O)C(C)(N)c2ccccc2)CC1. The summed E-state index contributed by atoms with van der Waals surface area (Å²) in [6.07, 6.45) is 3.66. The van der Waals surface area contributed by atoms with E-state index >= 15 is 0 Å². The third kappa shape index (κ3) is 3.44. The lowest BCUT2D eigenvalue weighted by Crippen LogP contribution is -2.60. The van der Waals surface area contributed by atoms with E-state index in [1.165, 1.54) is 0 Å². The Hall–Kier alpha value is -1.39. The van der Waals surface area contributed by atoms with E-state index in [9.17, 15) is 9.90 Å². The van der Waals surface area contributed by atoms with Crippen molar-refractivity contribution in [1.29, 1.82) is 0 Å². The first-order valence-electron chi connectivity index (χ1n) is 7.67. The Balaban J connectivity index is 2.12. The first-order valence-corrected chi connectivity index (χ1v) is 7.67. The van der Waals surface area contributed by atoms with Crippen molar-refractivity contribution in [2.45, 2.75) is 50.6 Å². The number of carbonyl (C=O) groups is 1. The zero-order chi connectivity index (χ0) is 15.5. The van der Waals surface area contributed by atoms with Gasteiger partial charge in [0.05, 0.1) is 12.1 Å². The lowest BCUT2D eigenvalue weighted by atomic mass is 9.77. The molecule has 0 saturated heterocycles. The molecule has 1 amide bonds. The zero-order valence-electron chi connectivity index (χ0n) is 12.9. The number of aliphatic hydroxyl groups is 1. The monoisotopic (exact) mass is 290 g/mol. The molecule has 4 nitrogen and oxygen atoms in total. The van der Waals surface area contributed by atoms with Gasteiger partial charge in [0.1, 0.15) is 5.54 Å². The Bertz CT molecular complexity index is 477. The molecule has 1 fully saturated rings. The van der Waals surface area contributed by atoms with Gasteiger partial charge in [0.25, 0.3) is 0 Å². The van der Waals surface area contributed by atoms with E-state index < -0.39 is 11.1 Å². The lowest BCUT2D eigenvalue weighted by Gasteiger charge is -2.40. The van der Waals surface area contributed by atoms with E-state index in [-0.39, 0.29) is 12.5 Å². The number of nitrogens with two attached hydrogens (primary N) is 1. The van der Waals surface area contributed by atoms with E-state index in [0.717, 1.165) is 31.2 Å². The normalized spacial score (nSPS) is 28.7. The van der Waals surface area contributed by atoms with Crippen molar-refractivity contribution in [1.82, 2.24) is 5.32 Å². The molecular formula is C17H26N2O2. The molecule has 0 heterocycles. The van der Waals surface area contributed by atoms with Crippen LogP contribution in [0.1, 0.15) is 45.1 Å². The molecule has 0 aliphatic heterocycles. The summed E-state index contributed by atoms with van der Waals surface area (Å²) >= 11 is 0. The first kappa shape index (κ1) is 16.0. The maximum Gasteiger partial charge on any atom is 0.244 e. The number of hydrogen-bond acceptors (Lipinski definition) is 3. The van der Waals surface area contributed by atoms with Gasteiger partial charge in [-0.05, 0) is 44.1 Å². The number of amides is 1. The number of aliphatic hydroxyl groups excluding tert-OH is 1. The van der Waals surface area contributed by atoms with E-state index in [1.807, 2.05) is 30.3 Å². The second kappa shape index (κ2) is 6.16. The highest BCUT2D eigenvalue weighted by molar-refractivity contribution is 5.87. The quantitative estimate of drug-likeness (QED) is 0.793. The molecule has 4 heteroatoms. The van der Waals surface area contributed by atoms with Gasteiger partial charge >= 0.3 is 0 Å². The number of rotatable bonds is 4. The van der Waals surface area contributed by atoms with Crippen molar-refractivity contribution in [2.24, 2.45) is 11.7 Å². The minimum absolute atomic E-state index is 0.0314. The van der Waals surface area contributed by atoms with Crippen LogP contribution in [0.15, 0.2) is 30.3 Å². The Labute approximate surface area is 126 Å². The van der Waals surface area contributed by atoms with Gasteiger partial charge in [0.15, 0.2) is 0 Å². The average Bonchev–Trinajstić information content (AvgIpc) is 2.50. The molecular weight excluding hydrogens is 264 g/mol. The largest absolute Gasteiger partial charge is 0.394 e. The van der Waals surface area contributed by atoms with Crippen LogP contribution in [-0.4, -0.2) is 23.2 Å². The molecule has 1 aliphatic carbocycles. The molecule has 4 N–H and O–H groups in total. The van der Waals surface area contributed by atoms with E-state index in [0.29, 0.717) is 5.92 Å². The van der Waals surface area contributed by atoms with E-state index in [1.54, 1.807) is 6.92 Å². The predicted octanol–water partition coefficient (Wildman–Crippen LogP) is 1.92. The minimum Gasteiger partial charge on any atom is -0.394 e. The highest BCUT2D eigenvalue weighted by Gasteiger charge is 2.39. The number of hydrogen-bond donors (Lipinski definition) is 3. The molecule has 0 radical (unpaired) electrons. The summed E-state index contributed by atoms with van der Waals surface area (Å²) in [5.41, 5.74) is 5.42. The Morgan fingerprint density at radius 3 is 2.48 bits per heavy atom. The van der Waals surface area contributed by atoms with Gasteiger partial charge in [-0.25, -0.2) is 0 Å². The van der Waals surface area contributed by atoms with Crippen molar-refractivity contribution in [2.75, 3.05) is 6.61 Å². The zero-order valence-corrected chi connectivity index (χ0v) is 12.9. The van der Waals surface area contributed by atoms with Crippen LogP contribution in [0.2, 0.25) is 0 Å². The van der Waals surface area contributed by atoms with Gasteiger partial charge in [-0.3, -0.25) is 4.79 Å². The highest BCUT2D eigenvalue weighted by Crippen LogP contribution is 2.32. The molecule has 1 saturated carbocycles. The molecule has 1 unspecified atom stereocenters. The first-order chi connectivity index (χ1) is 9.89. The van der Waals surface area contributed by atoms with Crippen molar-refractivity contribution in [3.05, 3.63) is 35.9 Å².